The maximum atomic E-state index is 12.9. The van der Waals surface area contributed by atoms with Gasteiger partial charge in [-0.05, 0) is 37.1 Å². The van der Waals surface area contributed by atoms with Crippen molar-refractivity contribution in [1.29, 1.82) is 0 Å². The topological polar surface area (TPSA) is 66.5 Å². The standard InChI is InChI=1S/C17H19FN2O3S2/c18-11-5-7-12(8-6-11)24-9-15(21)19-13-3-1-2-4-14(13)20-16(22)10-25-17(20)23/h5-8,13-14H,1-4,9-10H2,(H,19,21)/t13-,14+/m1/s1. The second-order valence-electron chi connectivity index (χ2n) is 6.09. The lowest BCUT2D eigenvalue weighted by Gasteiger charge is -2.36. The van der Waals surface area contributed by atoms with E-state index >= 15 is 0 Å². The Bertz CT molecular complexity index is 652. The normalized spacial score (nSPS) is 23.8. The predicted octanol–water partition coefficient (Wildman–Crippen LogP) is 3.04. The first-order chi connectivity index (χ1) is 12.0. The van der Waals surface area contributed by atoms with Crippen LogP contribution in [0, 0.1) is 5.82 Å². The van der Waals surface area contributed by atoms with Gasteiger partial charge < -0.3 is 5.32 Å². The van der Waals surface area contributed by atoms with Crippen LogP contribution in [0.1, 0.15) is 25.7 Å². The summed E-state index contributed by atoms with van der Waals surface area (Å²) in [4.78, 5) is 38.4. The lowest BCUT2D eigenvalue weighted by atomic mass is 9.89. The molecular weight excluding hydrogens is 363 g/mol. The molecule has 2 fully saturated rings. The molecule has 1 aliphatic heterocycles. The van der Waals surface area contributed by atoms with Crippen LogP contribution in [-0.2, 0) is 9.59 Å². The second-order valence-corrected chi connectivity index (χ2v) is 8.06. The summed E-state index contributed by atoms with van der Waals surface area (Å²) in [6.45, 7) is 0. The Morgan fingerprint density at radius 1 is 1.24 bits per heavy atom. The third kappa shape index (κ3) is 4.55. The van der Waals surface area contributed by atoms with Gasteiger partial charge in [0, 0.05) is 10.9 Å². The van der Waals surface area contributed by atoms with Crippen LogP contribution < -0.4 is 5.32 Å². The van der Waals surface area contributed by atoms with E-state index in [4.69, 9.17) is 0 Å². The Balaban J connectivity index is 1.57. The van der Waals surface area contributed by atoms with Gasteiger partial charge in [-0.25, -0.2) is 4.39 Å². The SMILES string of the molecule is O=C(CSc1ccc(F)cc1)N[C@@H]1CCCC[C@@H]1N1C(=O)CSC1=O. The average Bonchev–Trinajstić information content (AvgIpc) is 2.94. The highest BCUT2D eigenvalue weighted by atomic mass is 32.2. The van der Waals surface area contributed by atoms with Crippen LogP contribution in [-0.4, -0.2) is 45.5 Å². The fraction of sp³-hybridized carbons (Fsp3) is 0.471. The lowest BCUT2D eigenvalue weighted by molar-refractivity contribution is -0.128. The summed E-state index contributed by atoms with van der Waals surface area (Å²) in [5, 5.41) is 2.77. The fourth-order valence-electron chi connectivity index (χ4n) is 3.20. The van der Waals surface area contributed by atoms with Crippen molar-refractivity contribution in [2.24, 2.45) is 0 Å². The van der Waals surface area contributed by atoms with Gasteiger partial charge in [-0.15, -0.1) is 11.8 Å². The monoisotopic (exact) mass is 382 g/mol. The van der Waals surface area contributed by atoms with Crippen LogP contribution in [0.5, 0.6) is 0 Å². The van der Waals surface area contributed by atoms with Gasteiger partial charge in [-0.2, -0.15) is 0 Å². The van der Waals surface area contributed by atoms with Crippen molar-refractivity contribution in [3.8, 4) is 0 Å². The van der Waals surface area contributed by atoms with Crippen molar-refractivity contribution in [3.05, 3.63) is 30.1 Å². The number of hydrogen-bond acceptors (Lipinski definition) is 5. The zero-order valence-corrected chi connectivity index (χ0v) is 15.2. The molecule has 134 valence electrons. The Labute approximate surface area is 154 Å². The zero-order chi connectivity index (χ0) is 17.8. The molecule has 5 nitrogen and oxygen atoms in total. The highest BCUT2D eigenvalue weighted by Gasteiger charge is 2.41. The molecule has 2 atom stereocenters. The first-order valence-corrected chi connectivity index (χ1v) is 10.2. The Kier molecular flexibility index (Phi) is 6.01. The van der Waals surface area contributed by atoms with E-state index < -0.39 is 0 Å². The summed E-state index contributed by atoms with van der Waals surface area (Å²) < 4.78 is 12.9. The number of nitrogens with one attached hydrogen (secondary N) is 1. The molecule has 2 aliphatic rings. The number of halogens is 1. The van der Waals surface area contributed by atoms with Gasteiger partial charge in [0.25, 0.3) is 5.24 Å². The van der Waals surface area contributed by atoms with Gasteiger partial charge >= 0.3 is 0 Å². The number of carbonyl (C=O) groups is 3. The summed E-state index contributed by atoms with van der Waals surface area (Å²) in [5.41, 5.74) is 0. The van der Waals surface area contributed by atoms with Gasteiger partial charge in [0.1, 0.15) is 5.82 Å². The van der Waals surface area contributed by atoms with Crippen LogP contribution >= 0.6 is 23.5 Å². The third-order valence-electron chi connectivity index (χ3n) is 4.38. The number of carbonyl (C=O) groups excluding carboxylic acids is 3. The molecule has 0 aromatic heterocycles. The largest absolute Gasteiger partial charge is 0.351 e. The Morgan fingerprint density at radius 2 is 1.96 bits per heavy atom. The molecule has 1 aromatic rings. The van der Waals surface area contributed by atoms with E-state index in [0.29, 0.717) is 0 Å². The van der Waals surface area contributed by atoms with E-state index in [0.717, 1.165) is 42.3 Å². The minimum atomic E-state index is -0.309. The first kappa shape index (κ1) is 18.3. The molecule has 0 unspecified atom stereocenters. The Morgan fingerprint density at radius 3 is 2.64 bits per heavy atom. The number of thioether (sulfide) groups is 2. The van der Waals surface area contributed by atoms with Crippen LogP contribution in [0.2, 0.25) is 0 Å². The predicted molar refractivity (Wildman–Crippen MR) is 96.0 cm³/mol. The minimum absolute atomic E-state index is 0.141. The van der Waals surface area contributed by atoms with E-state index in [1.54, 1.807) is 12.1 Å². The molecular formula is C17H19FN2O3S2. The van der Waals surface area contributed by atoms with Crippen molar-refractivity contribution in [1.82, 2.24) is 10.2 Å². The van der Waals surface area contributed by atoms with Crippen LogP contribution in [0.25, 0.3) is 0 Å². The smallest absolute Gasteiger partial charge is 0.289 e. The van der Waals surface area contributed by atoms with Crippen LogP contribution in [0.4, 0.5) is 9.18 Å². The third-order valence-corrected chi connectivity index (χ3v) is 6.22. The van der Waals surface area contributed by atoms with Crippen molar-refractivity contribution in [2.75, 3.05) is 11.5 Å². The highest BCUT2D eigenvalue weighted by Crippen LogP contribution is 2.30. The summed E-state index contributed by atoms with van der Waals surface area (Å²) in [6, 6.07) is 5.55. The van der Waals surface area contributed by atoms with Crippen LogP contribution in [0.3, 0.4) is 0 Å². The molecule has 1 aromatic carbocycles. The quantitative estimate of drug-likeness (QED) is 0.793. The molecule has 1 aliphatic carbocycles. The maximum absolute atomic E-state index is 12.9. The van der Waals surface area contributed by atoms with E-state index in [9.17, 15) is 18.8 Å². The number of amides is 3. The lowest BCUT2D eigenvalue weighted by Crippen LogP contribution is -2.55. The zero-order valence-electron chi connectivity index (χ0n) is 13.6. The van der Waals surface area contributed by atoms with Gasteiger partial charge in [0.05, 0.1) is 17.5 Å². The molecule has 1 saturated carbocycles. The van der Waals surface area contributed by atoms with E-state index in [1.807, 2.05) is 0 Å². The van der Waals surface area contributed by atoms with Crippen molar-refractivity contribution >= 4 is 40.6 Å². The fourth-order valence-corrected chi connectivity index (χ4v) is 4.67. The molecule has 1 saturated heterocycles. The van der Waals surface area contributed by atoms with Gasteiger partial charge in [-0.3, -0.25) is 19.3 Å². The highest BCUT2D eigenvalue weighted by molar-refractivity contribution is 8.14. The summed E-state index contributed by atoms with van der Waals surface area (Å²) >= 11 is 2.36. The molecule has 25 heavy (non-hydrogen) atoms. The molecule has 8 heteroatoms. The molecule has 1 heterocycles. The number of imide groups is 1. The minimum Gasteiger partial charge on any atom is -0.351 e. The van der Waals surface area contributed by atoms with Crippen molar-refractivity contribution in [2.45, 2.75) is 42.7 Å². The van der Waals surface area contributed by atoms with E-state index in [1.165, 1.54) is 28.8 Å². The van der Waals surface area contributed by atoms with E-state index in [2.05, 4.69) is 5.32 Å². The maximum Gasteiger partial charge on any atom is 0.289 e. The number of rotatable bonds is 5. The van der Waals surface area contributed by atoms with E-state index in [-0.39, 0.29) is 46.5 Å². The second kappa shape index (κ2) is 8.23. The van der Waals surface area contributed by atoms with Gasteiger partial charge in [-0.1, -0.05) is 24.6 Å². The van der Waals surface area contributed by atoms with Crippen LogP contribution in [0.15, 0.2) is 29.2 Å². The van der Waals surface area contributed by atoms with Gasteiger partial charge in [0.2, 0.25) is 11.8 Å². The summed E-state index contributed by atoms with van der Waals surface area (Å²) in [6.07, 6.45) is 3.41. The summed E-state index contributed by atoms with van der Waals surface area (Å²) in [5.74, 6) is -0.210. The average molecular weight is 382 g/mol. The summed E-state index contributed by atoms with van der Waals surface area (Å²) in [7, 11) is 0. The number of hydrogen-bond donors (Lipinski definition) is 1. The number of nitrogens with zero attached hydrogens (tertiary/aromatic N) is 1. The van der Waals surface area contributed by atoms with Gasteiger partial charge in [0.15, 0.2) is 0 Å². The molecule has 0 radical (unpaired) electrons. The number of benzene rings is 1. The molecule has 3 rings (SSSR count). The molecule has 0 bridgehead atoms. The van der Waals surface area contributed by atoms with Crippen molar-refractivity contribution in [3.63, 3.8) is 0 Å². The molecule has 1 N–H and O–H groups in total. The Hall–Kier alpha value is -1.54. The molecule has 0 spiro atoms. The molecule has 3 amide bonds. The first-order valence-electron chi connectivity index (χ1n) is 8.21. The van der Waals surface area contributed by atoms with Crippen molar-refractivity contribution < 1.29 is 18.8 Å².